The Hall–Kier alpha value is -1.65. The average Bonchev–Trinajstić information content (AvgIpc) is 2.68. The number of aromatic nitrogens is 2. The van der Waals surface area contributed by atoms with E-state index in [2.05, 4.69) is 4.98 Å². The van der Waals surface area contributed by atoms with Gasteiger partial charge in [-0.3, -0.25) is 4.57 Å². The van der Waals surface area contributed by atoms with E-state index in [0.717, 1.165) is 16.8 Å². The van der Waals surface area contributed by atoms with Gasteiger partial charge in [0, 0.05) is 16.8 Å². The predicted octanol–water partition coefficient (Wildman–Crippen LogP) is 4.79. The van der Waals surface area contributed by atoms with E-state index in [0.29, 0.717) is 15.3 Å². The van der Waals surface area contributed by atoms with Gasteiger partial charge in [-0.15, -0.1) is 0 Å². The van der Waals surface area contributed by atoms with E-state index in [1.807, 2.05) is 25.1 Å². The number of aryl methyl sites for hydroxylation is 1. The summed E-state index contributed by atoms with van der Waals surface area (Å²) in [6.07, 6.45) is 0. The Morgan fingerprint density at radius 3 is 2.74 bits per heavy atom. The zero-order chi connectivity index (χ0) is 13.6. The van der Waals surface area contributed by atoms with Crippen molar-refractivity contribution in [1.29, 1.82) is 0 Å². The van der Waals surface area contributed by atoms with E-state index in [1.54, 1.807) is 10.6 Å². The highest BCUT2D eigenvalue weighted by atomic mass is 35.5. The van der Waals surface area contributed by atoms with Crippen molar-refractivity contribution < 1.29 is 4.39 Å². The standard InChI is InChI=1S/C14H10ClFN2S/c1-8-2-4-10(7-11(8)15)18-13-6-9(16)3-5-12(13)17-14(18)19/h2-7H,1H3,(H,17,19). The molecular formula is C14H10ClFN2S. The summed E-state index contributed by atoms with van der Waals surface area (Å²) in [6, 6.07) is 10.2. The first-order chi connectivity index (χ1) is 9.06. The van der Waals surface area contributed by atoms with Crippen molar-refractivity contribution >= 4 is 34.9 Å². The van der Waals surface area contributed by atoms with Crippen molar-refractivity contribution in [2.24, 2.45) is 0 Å². The van der Waals surface area contributed by atoms with Crippen molar-refractivity contribution in [3.8, 4) is 5.69 Å². The molecular weight excluding hydrogens is 283 g/mol. The van der Waals surface area contributed by atoms with Gasteiger partial charge in [-0.2, -0.15) is 0 Å². The zero-order valence-corrected chi connectivity index (χ0v) is 11.6. The number of aromatic amines is 1. The number of H-pyrrole nitrogens is 1. The average molecular weight is 293 g/mol. The number of fused-ring (bicyclic) bond motifs is 1. The summed E-state index contributed by atoms with van der Waals surface area (Å²) in [4.78, 5) is 3.05. The quantitative estimate of drug-likeness (QED) is 0.640. The topological polar surface area (TPSA) is 20.7 Å². The number of imidazole rings is 1. The molecule has 1 heterocycles. The number of nitrogens with one attached hydrogen (secondary N) is 1. The molecule has 0 bridgehead atoms. The van der Waals surface area contributed by atoms with Gasteiger partial charge in [0.05, 0.1) is 11.0 Å². The van der Waals surface area contributed by atoms with E-state index in [1.165, 1.54) is 12.1 Å². The van der Waals surface area contributed by atoms with Gasteiger partial charge in [-0.05, 0) is 49.0 Å². The predicted molar refractivity (Wildman–Crippen MR) is 78.2 cm³/mol. The first-order valence-corrected chi connectivity index (χ1v) is 6.52. The molecule has 2 nitrogen and oxygen atoms in total. The minimum Gasteiger partial charge on any atom is -0.330 e. The fourth-order valence-electron chi connectivity index (χ4n) is 2.05. The van der Waals surface area contributed by atoms with Crippen LogP contribution in [0.2, 0.25) is 5.02 Å². The Balaban J connectivity index is 2.35. The lowest BCUT2D eigenvalue weighted by Gasteiger charge is -2.06. The van der Waals surface area contributed by atoms with Gasteiger partial charge in [-0.1, -0.05) is 17.7 Å². The third-order valence-electron chi connectivity index (χ3n) is 3.06. The second kappa shape index (κ2) is 4.47. The van der Waals surface area contributed by atoms with Gasteiger partial charge >= 0.3 is 0 Å². The summed E-state index contributed by atoms with van der Waals surface area (Å²) >= 11 is 11.4. The molecule has 0 aliphatic carbocycles. The van der Waals surface area contributed by atoms with Crippen LogP contribution in [0.3, 0.4) is 0 Å². The van der Waals surface area contributed by atoms with Crippen LogP contribution in [-0.4, -0.2) is 9.55 Å². The minimum atomic E-state index is -0.298. The molecule has 0 fully saturated rings. The molecule has 0 atom stereocenters. The summed E-state index contributed by atoms with van der Waals surface area (Å²) < 4.78 is 15.7. The molecule has 0 unspecified atom stereocenters. The zero-order valence-electron chi connectivity index (χ0n) is 10.1. The molecule has 5 heteroatoms. The van der Waals surface area contributed by atoms with Crippen LogP contribution in [0.5, 0.6) is 0 Å². The lowest BCUT2D eigenvalue weighted by molar-refractivity contribution is 0.629. The molecule has 0 aliphatic rings. The molecule has 1 N–H and O–H groups in total. The maximum atomic E-state index is 13.4. The van der Waals surface area contributed by atoms with Gasteiger partial charge in [0.15, 0.2) is 4.77 Å². The Labute approximate surface area is 119 Å². The molecule has 0 saturated heterocycles. The molecule has 0 radical (unpaired) electrons. The third-order valence-corrected chi connectivity index (χ3v) is 3.75. The van der Waals surface area contributed by atoms with Crippen LogP contribution in [0, 0.1) is 17.5 Å². The van der Waals surface area contributed by atoms with Crippen LogP contribution in [0.1, 0.15) is 5.56 Å². The van der Waals surface area contributed by atoms with Gasteiger partial charge in [0.1, 0.15) is 5.82 Å². The second-order valence-corrected chi connectivity index (χ2v) is 5.15. The molecule has 3 rings (SSSR count). The molecule has 3 aromatic rings. The summed E-state index contributed by atoms with van der Waals surface area (Å²) in [5.74, 6) is -0.298. The summed E-state index contributed by atoms with van der Waals surface area (Å²) in [7, 11) is 0. The maximum absolute atomic E-state index is 13.4. The SMILES string of the molecule is Cc1ccc(-n2c(=S)[nH]c3ccc(F)cc32)cc1Cl. The van der Waals surface area contributed by atoms with Crippen molar-refractivity contribution in [2.45, 2.75) is 6.92 Å². The fraction of sp³-hybridized carbons (Fsp3) is 0.0714. The lowest BCUT2D eigenvalue weighted by Crippen LogP contribution is -1.94. The number of benzene rings is 2. The minimum absolute atomic E-state index is 0.298. The normalized spacial score (nSPS) is 11.1. The third kappa shape index (κ3) is 2.07. The largest absolute Gasteiger partial charge is 0.330 e. The molecule has 0 spiro atoms. The second-order valence-electron chi connectivity index (χ2n) is 4.36. The van der Waals surface area contributed by atoms with E-state index < -0.39 is 0 Å². The van der Waals surface area contributed by atoms with Crippen LogP contribution < -0.4 is 0 Å². The molecule has 1 aromatic heterocycles. The number of hydrogen-bond acceptors (Lipinski definition) is 1. The fourth-order valence-corrected chi connectivity index (χ4v) is 2.54. The van der Waals surface area contributed by atoms with E-state index >= 15 is 0 Å². The van der Waals surface area contributed by atoms with Crippen LogP contribution in [0.15, 0.2) is 36.4 Å². The van der Waals surface area contributed by atoms with Gasteiger partial charge in [0.2, 0.25) is 0 Å². The van der Waals surface area contributed by atoms with Crippen LogP contribution in [-0.2, 0) is 0 Å². The smallest absolute Gasteiger partial charge is 0.182 e. The Bertz CT molecular complexity index is 835. The van der Waals surface area contributed by atoms with Gasteiger partial charge in [0.25, 0.3) is 0 Å². The molecule has 0 amide bonds. The number of halogens is 2. The first kappa shape index (κ1) is 12.4. The summed E-state index contributed by atoms with van der Waals surface area (Å²) in [5, 5.41) is 0.658. The molecule has 0 saturated carbocycles. The molecule has 19 heavy (non-hydrogen) atoms. The summed E-state index contributed by atoms with van der Waals surface area (Å²) in [5.41, 5.74) is 3.30. The van der Waals surface area contributed by atoms with E-state index in [4.69, 9.17) is 23.8 Å². The van der Waals surface area contributed by atoms with E-state index in [-0.39, 0.29) is 5.82 Å². The van der Waals surface area contributed by atoms with Crippen LogP contribution in [0.25, 0.3) is 16.7 Å². The Morgan fingerprint density at radius 2 is 2.00 bits per heavy atom. The van der Waals surface area contributed by atoms with Gasteiger partial charge in [-0.25, -0.2) is 4.39 Å². The number of hydrogen-bond donors (Lipinski definition) is 1. The van der Waals surface area contributed by atoms with Crippen molar-refractivity contribution in [3.63, 3.8) is 0 Å². The lowest BCUT2D eigenvalue weighted by atomic mass is 10.2. The Kier molecular flexibility index (Phi) is 2.92. The number of rotatable bonds is 1. The highest BCUT2D eigenvalue weighted by molar-refractivity contribution is 7.71. The number of nitrogens with zero attached hydrogens (tertiary/aromatic N) is 1. The highest BCUT2D eigenvalue weighted by Crippen LogP contribution is 2.24. The first-order valence-electron chi connectivity index (χ1n) is 5.73. The summed E-state index contributed by atoms with van der Waals surface area (Å²) in [6.45, 7) is 1.93. The van der Waals surface area contributed by atoms with Crippen LogP contribution >= 0.6 is 23.8 Å². The monoisotopic (exact) mass is 292 g/mol. The highest BCUT2D eigenvalue weighted by Gasteiger charge is 2.08. The van der Waals surface area contributed by atoms with E-state index in [9.17, 15) is 4.39 Å². The van der Waals surface area contributed by atoms with Gasteiger partial charge < -0.3 is 4.98 Å². The van der Waals surface area contributed by atoms with Crippen molar-refractivity contribution in [2.75, 3.05) is 0 Å². The molecule has 2 aromatic carbocycles. The Morgan fingerprint density at radius 1 is 1.21 bits per heavy atom. The molecule has 0 aliphatic heterocycles. The van der Waals surface area contributed by atoms with Crippen molar-refractivity contribution in [1.82, 2.24) is 9.55 Å². The van der Waals surface area contributed by atoms with Crippen molar-refractivity contribution in [3.05, 3.63) is 57.6 Å². The maximum Gasteiger partial charge on any atom is 0.182 e. The van der Waals surface area contributed by atoms with Crippen LogP contribution in [0.4, 0.5) is 4.39 Å². The molecule has 96 valence electrons.